The summed E-state index contributed by atoms with van der Waals surface area (Å²) in [5, 5.41) is 24.8. The fourth-order valence-corrected chi connectivity index (χ4v) is 2.94. The Bertz CT molecular complexity index is 902. The minimum absolute atomic E-state index is 0.250. The van der Waals surface area contributed by atoms with Gasteiger partial charge in [-0.25, -0.2) is 0 Å². The third-order valence-electron chi connectivity index (χ3n) is 4.22. The van der Waals surface area contributed by atoms with E-state index in [2.05, 4.69) is 48.5 Å². The second-order valence-electron chi connectivity index (χ2n) is 6.48. The summed E-state index contributed by atoms with van der Waals surface area (Å²) in [6, 6.07) is 34.7. The molecule has 0 saturated heterocycles. The van der Waals surface area contributed by atoms with Crippen LogP contribution in [0.15, 0.2) is 109 Å². The summed E-state index contributed by atoms with van der Waals surface area (Å²) in [5.41, 5.74) is 5.75. The molecule has 0 unspecified atom stereocenters. The third kappa shape index (κ3) is 7.46. The number of hydrogen-bond acceptors (Lipinski definition) is 3. The van der Waals surface area contributed by atoms with E-state index < -0.39 is 0 Å². The van der Waals surface area contributed by atoms with Gasteiger partial charge in [-0.15, -0.1) is 0 Å². The normalized spacial score (nSPS) is 9.93. The van der Waals surface area contributed by atoms with Crippen LogP contribution in [0.1, 0.15) is 18.1 Å². The molecule has 3 heteroatoms. The molecule has 0 radical (unpaired) electrons. The van der Waals surface area contributed by atoms with Gasteiger partial charge in [-0.3, -0.25) is 0 Å². The second-order valence-corrected chi connectivity index (χ2v) is 6.48. The van der Waals surface area contributed by atoms with Crippen molar-refractivity contribution in [3.8, 4) is 22.6 Å². The van der Waals surface area contributed by atoms with E-state index >= 15 is 0 Å². The van der Waals surface area contributed by atoms with Crippen LogP contribution < -0.4 is 0 Å². The first-order valence-electron chi connectivity index (χ1n) is 9.90. The standard InChI is InChI=1S/C13H10.2C6H6O.C2H6O/c1-3-7-12-10(5-1)9-11-6-2-4-8-13(11)12;2*7-6-4-2-1-3-5-6;1-2-3/h1-8H,9H2;2*1-5,7H;3H,2H2,1H3. The lowest BCUT2D eigenvalue weighted by atomic mass is 10.1. The molecule has 3 N–H and O–H groups in total. The molecule has 0 heterocycles. The topological polar surface area (TPSA) is 60.7 Å². The van der Waals surface area contributed by atoms with Gasteiger partial charge >= 0.3 is 0 Å². The van der Waals surface area contributed by atoms with Gasteiger partial charge in [-0.05, 0) is 59.9 Å². The van der Waals surface area contributed by atoms with E-state index in [1.54, 1.807) is 55.5 Å². The molecule has 5 rings (SSSR count). The average molecular weight is 401 g/mol. The number of fused-ring (bicyclic) bond motifs is 3. The van der Waals surface area contributed by atoms with Gasteiger partial charge in [0.05, 0.1) is 0 Å². The number of phenolic OH excluding ortho intramolecular Hbond substituents is 2. The fraction of sp³-hybridized carbons (Fsp3) is 0.111. The minimum atomic E-state index is 0.250. The summed E-state index contributed by atoms with van der Waals surface area (Å²) in [5.74, 6) is 0.644. The molecule has 0 amide bonds. The van der Waals surface area contributed by atoms with Crippen LogP contribution in [0.5, 0.6) is 11.5 Å². The van der Waals surface area contributed by atoms with E-state index in [1.807, 2.05) is 12.1 Å². The Kier molecular flexibility index (Phi) is 9.71. The first-order valence-corrected chi connectivity index (χ1v) is 9.90. The maximum Gasteiger partial charge on any atom is 0.115 e. The number of hydrogen-bond donors (Lipinski definition) is 3. The van der Waals surface area contributed by atoms with Crippen LogP contribution in [0.3, 0.4) is 0 Å². The molecular weight excluding hydrogens is 372 g/mol. The molecule has 1 aliphatic rings. The molecule has 0 bridgehead atoms. The zero-order valence-electron chi connectivity index (χ0n) is 17.1. The van der Waals surface area contributed by atoms with Crippen LogP contribution >= 0.6 is 0 Å². The van der Waals surface area contributed by atoms with Gasteiger partial charge in [0.15, 0.2) is 0 Å². The summed E-state index contributed by atoms with van der Waals surface area (Å²) in [4.78, 5) is 0. The third-order valence-corrected chi connectivity index (χ3v) is 4.22. The highest BCUT2D eigenvalue weighted by molar-refractivity contribution is 5.76. The lowest BCUT2D eigenvalue weighted by Crippen LogP contribution is -1.77. The highest BCUT2D eigenvalue weighted by Gasteiger charge is 2.15. The molecule has 0 spiro atoms. The van der Waals surface area contributed by atoms with Crippen LogP contribution in [0.2, 0.25) is 0 Å². The van der Waals surface area contributed by atoms with Crippen molar-refractivity contribution in [3.63, 3.8) is 0 Å². The Hall–Kier alpha value is -3.56. The summed E-state index contributed by atoms with van der Waals surface area (Å²) < 4.78 is 0. The van der Waals surface area contributed by atoms with Crippen molar-refractivity contribution >= 4 is 0 Å². The molecule has 30 heavy (non-hydrogen) atoms. The van der Waals surface area contributed by atoms with E-state index in [9.17, 15) is 0 Å². The average Bonchev–Trinajstić information content (AvgIpc) is 3.15. The fourth-order valence-electron chi connectivity index (χ4n) is 2.94. The van der Waals surface area contributed by atoms with Crippen molar-refractivity contribution in [3.05, 3.63) is 120 Å². The monoisotopic (exact) mass is 400 g/mol. The Morgan fingerprint density at radius 1 is 0.533 bits per heavy atom. The zero-order chi connectivity index (χ0) is 21.6. The van der Waals surface area contributed by atoms with Crippen LogP contribution in [-0.4, -0.2) is 21.9 Å². The lowest BCUT2D eigenvalue weighted by Gasteiger charge is -1.98. The van der Waals surface area contributed by atoms with Gasteiger partial charge < -0.3 is 15.3 Å². The van der Waals surface area contributed by atoms with Gasteiger partial charge in [0.1, 0.15) is 11.5 Å². The molecule has 4 aromatic rings. The van der Waals surface area contributed by atoms with E-state index in [4.69, 9.17) is 15.3 Å². The van der Waals surface area contributed by atoms with Crippen LogP contribution in [0.25, 0.3) is 11.1 Å². The Morgan fingerprint density at radius 2 is 0.833 bits per heavy atom. The van der Waals surface area contributed by atoms with E-state index in [0.717, 1.165) is 6.42 Å². The maximum atomic E-state index is 8.63. The molecule has 0 saturated carbocycles. The Labute approximate surface area is 178 Å². The molecule has 0 atom stereocenters. The van der Waals surface area contributed by atoms with Gasteiger partial charge in [0.25, 0.3) is 0 Å². The molecular formula is C27H28O3. The van der Waals surface area contributed by atoms with E-state index in [0.29, 0.717) is 11.5 Å². The van der Waals surface area contributed by atoms with Crippen LogP contribution in [0, 0.1) is 0 Å². The highest BCUT2D eigenvalue weighted by Crippen LogP contribution is 2.35. The predicted molar refractivity (Wildman–Crippen MR) is 124 cm³/mol. The van der Waals surface area contributed by atoms with E-state index in [-0.39, 0.29) is 6.61 Å². The largest absolute Gasteiger partial charge is 0.508 e. The number of para-hydroxylation sites is 2. The van der Waals surface area contributed by atoms with Crippen molar-refractivity contribution < 1.29 is 15.3 Å². The number of aliphatic hydroxyl groups is 1. The summed E-state index contributed by atoms with van der Waals surface area (Å²) in [7, 11) is 0. The number of phenols is 2. The van der Waals surface area contributed by atoms with E-state index in [1.165, 1.54) is 22.3 Å². The van der Waals surface area contributed by atoms with Crippen molar-refractivity contribution in [2.24, 2.45) is 0 Å². The second kappa shape index (κ2) is 12.8. The van der Waals surface area contributed by atoms with Crippen LogP contribution in [0.4, 0.5) is 0 Å². The van der Waals surface area contributed by atoms with Crippen LogP contribution in [-0.2, 0) is 6.42 Å². The smallest absolute Gasteiger partial charge is 0.115 e. The Morgan fingerprint density at radius 3 is 1.13 bits per heavy atom. The first-order chi connectivity index (χ1) is 14.7. The first kappa shape index (κ1) is 22.7. The zero-order valence-corrected chi connectivity index (χ0v) is 17.1. The van der Waals surface area contributed by atoms with Gasteiger partial charge in [0.2, 0.25) is 0 Å². The highest BCUT2D eigenvalue weighted by atomic mass is 16.3. The van der Waals surface area contributed by atoms with Crippen molar-refractivity contribution in [1.29, 1.82) is 0 Å². The van der Waals surface area contributed by atoms with Gasteiger partial charge in [-0.1, -0.05) is 84.9 Å². The summed E-state index contributed by atoms with van der Waals surface area (Å²) in [6.45, 7) is 1.93. The van der Waals surface area contributed by atoms with Crippen molar-refractivity contribution in [2.45, 2.75) is 13.3 Å². The molecule has 0 aliphatic heterocycles. The molecule has 3 nitrogen and oxygen atoms in total. The number of aliphatic hydroxyl groups excluding tert-OH is 1. The van der Waals surface area contributed by atoms with Gasteiger partial charge in [-0.2, -0.15) is 0 Å². The lowest BCUT2D eigenvalue weighted by molar-refractivity contribution is 0.318. The molecule has 0 aromatic heterocycles. The molecule has 0 fully saturated rings. The quantitative estimate of drug-likeness (QED) is 0.297. The number of aromatic hydroxyl groups is 2. The summed E-state index contributed by atoms with van der Waals surface area (Å²) in [6.07, 6.45) is 1.10. The van der Waals surface area contributed by atoms with Gasteiger partial charge in [0, 0.05) is 6.61 Å². The number of benzene rings is 4. The molecule has 4 aromatic carbocycles. The maximum absolute atomic E-state index is 8.63. The molecule has 1 aliphatic carbocycles. The Balaban J connectivity index is 0.000000162. The van der Waals surface area contributed by atoms with Crippen molar-refractivity contribution in [1.82, 2.24) is 0 Å². The summed E-state index contributed by atoms with van der Waals surface area (Å²) >= 11 is 0. The predicted octanol–water partition coefficient (Wildman–Crippen LogP) is 6.04. The molecule has 154 valence electrons. The van der Waals surface area contributed by atoms with Crippen molar-refractivity contribution in [2.75, 3.05) is 6.61 Å². The SMILES string of the molecule is CCO.Oc1ccccc1.Oc1ccccc1.c1ccc2c(c1)Cc1ccccc1-2. The number of rotatable bonds is 0. The minimum Gasteiger partial charge on any atom is -0.508 e.